The first-order valence-corrected chi connectivity index (χ1v) is 8.55. The number of anilines is 1. The normalized spacial score (nSPS) is 15.9. The first-order valence-electron chi connectivity index (χ1n) is 8.55. The van der Waals surface area contributed by atoms with Crippen molar-refractivity contribution in [3.8, 4) is 5.75 Å². The minimum atomic E-state index is -0.0313. The van der Waals surface area contributed by atoms with Crippen LogP contribution in [0.4, 0.5) is 5.69 Å². The Bertz CT molecular complexity index is 628. The Morgan fingerprint density at radius 2 is 1.79 bits per heavy atom. The van der Waals surface area contributed by atoms with E-state index in [0.717, 1.165) is 37.5 Å². The Labute approximate surface area is 143 Å². The lowest BCUT2D eigenvalue weighted by molar-refractivity contribution is 0.209. The summed E-state index contributed by atoms with van der Waals surface area (Å²) < 4.78 is 11.1. The van der Waals surface area contributed by atoms with Crippen LogP contribution in [0, 0.1) is 0 Å². The second-order valence-corrected chi connectivity index (χ2v) is 6.43. The van der Waals surface area contributed by atoms with Crippen molar-refractivity contribution in [2.24, 2.45) is 0 Å². The van der Waals surface area contributed by atoms with Crippen molar-refractivity contribution in [2.75, 3.05) is 31.1 Å². The molecule has 1 aliphatic rings. The maximum absolute atomic E-state index is 9.21. The summed E-state index contributed by atoms with van der Waals surface area (Å²) in [6.45, 7) is 9.14. The molecule has 2 heterocycles. The Kier molecular flexibility index (Phi) is 5.43. The molecule has 0 unspecified atom stereocenters. The van der Waals surface area contributed by atoms with Gasteiger partial charge >= 0.3 is 0 Å². The first-order chi connectivity index (χ1) is 11.7. The van der Waals surface area contributed by atoms with E-state index in [2.05, 4.69) is 35.8 Å². The number of aliphatic hydroxyl groups excluding tert-OH is 1. The van der Waals surface area contributed by atoms with E-state index in [1.165, 1.54) is 5.69 Å². The number of benzene rings is 1. The summed E-state index contributed by atoms with van der Waals surface area (Å²) in [7, 11) is 0. The number of rotatable bonds is 6. The minimum absolute atomic E-state index is 0.0313. The molecule has 5 heteroatoms. The van der Waals surface area contributed by atoms with Crippen LogP contribution in [0.5, 0.6) is 5.75 Å². The Hall–Kier alpha value is -1.98. The molecule has 2 aromatic rings. The van der Waals surface area contributed by atoms with Crippen LogP contribution < -0.4 is 9.64 Å². The van der Waals surface area contributed by atoms with Crippen molar-refractivity contribution in [1.82, 2.24) is 4.90 Å². The zero-order valence-corrected chi connectivity index (χ0v) is 14.4. The summed E-state index contributed by atoms with van der Waals surface area (Å²) in [4.78, 5) is 4.93. The highest BCUT2D eigenvalue weighted by molar-refractivity contribution is 5.49. The fourth-order valence-corrected chi connectivity index (χ4v) is 3.03. The van der Waals surface area contributed by atoms with Crippen LogP contribution in [0.15, 0.2) is 41.0 Å². The molecule has 1 saturated heterocycles. The van der Waals surface area contributed by atoms with Gasteiger partial charge in [-0.25, -0.2) is 0 Å². The summed E-state index contributed by atoms with van der Waals surface area (Å²) in [5.41, 5.74) is 2.01. The van der Waals surface area contributed by atoms with Gasteiger partial charge in [0.2, 0.25) is 0 Å². The number of piperazine rings is 1. The highest BCUT2D eigenvalue weighted by atomic mass is 16.5. The van der Waals surface area contributed by atoms with Gasteiger partial charge in [0.1, 0.15) is 18.1 Å². The lowest BCUT2D eigenvalue weighted by Crippen LogP contribution is -2.48. The van der Waals surface area contributed by atoms with Crippen LogP contribution in [0.3, 0.4) is 0 Å². The van der Waals surface area contributed by atoms with E-state index in [0.29, 0.717) is 18.4 Å². The summed E-state index contributed by atoms with van der Waals surface area (Å²) in [5, 5.41) is 9.21. The second-order valence-electron chi connectivity index (χ2n) is 6.43. The van der Waals surface area contributed by atoms with Gasteiger partial charge in [-0.1, -0.05) is 0 Å². The van der Waals surface area contributed by atoms with E-state index >= 15 is 0 Å². The average Bonchev–Trinajstić information content (AvgIpc) is 3.08. The van der Waals surface area contributed by atoms with Crippen LogP contribution in [0.2, 0.25) is 0 Å². The number of nitrogens with zero attached hydrogens (tertiary/aromatic N) is 2. The maximum Gasteiger partial charge on any atom is 0.146 e. The summed E-state index contributed by atoms with van der Waals surface area (Å²) in [6, 6.07) is 10.6. The zero-order chi connectivity index (χ0) is 16.9. The fourth-order valence-electron chi connectivity index (χ4n) is 3.03. The molecule has 1 aromatic heterocycles. The van der Waals surface area contributed by atoms with Gasteiger partial charge in [0.15, 0.2) is 0 Å². The van der Waals surface area contributed by atoms with Crippen LogP contribution in [0.25, 0.3) is 0 Å². The molecule has 130 valence electrons. The number of furan rings is 1. The van der Waals surface area contributed by atoms with Gasteiger partial charge in [-0.15, -0.1) is 0 Å². The molecule has 3 rings (SSSR count). The minimum Gasteiger partial charge on any atom is -0.486 e. The molecule has 0 saturated carbocycles. The molecule has 5 nitrogen and oxygen atoms in total. The highest BCUT2D eigenvalue weighted by Gasteiger charge is 2.18. The van der Waals surface area contributed by atoms with Gasteiger partial charge in [-0.3, -0.25) is 4.90 Å². The monoisotopic (exact) mass is 330 g/mol. The molecule has 1 aliphatic heterocycles. The van der Waals surface area contributed by atoms with Crippen molar-refractivity contribution in [3.05, 3.63) is 47.9 Å². The van der Waals surface area contributed by atoms with Crippen molar-refractivity contribution < 1.29 is 14.3 Å². The lowest BCUT2D eigenvalue weighted by atomic mass is 10.2. The molecule has 0 amide bonds. The largest absolute Gasteiger partial charge is 0.486 e. The van der Waals surface area contributed by atoms with E-state index in [4.69, 9.17) is 9.15 Å². The van der Waals surface area contributed by atoms with Crippen LogP contribution in [0.1, 0.15) is 25.2 Å². The molecular weight excluding hydrogens is 304 g/mol. The maximum atomic E-state index is 9.21. The summed E-state index contributed by atoms with van der Waals surface area (Å²) in [6.07, 6.45) is 1.57. The van der Waals surface area contributed by atoms with E-state index in [1.54, 1.807) is 12.3 Å². The molecule has 1 N–H and O–H groups in total. The third-order valence-corrected chi connectivity index (χ3v) is 4.62. The average molecular weight is 330 g/mol. The Morgan fingerprint density at radius 3 is 2.42 bits per heavy atom. The van der Waals surface area contributed by atoms with Crippen molar-refractivity contribution in [3.63, 3.8) is 0 Å². The lowest BCUT2D eigenvalue weighted by Gasteiger charge is -2.38. The second kappa shape index (κ2) is 7.73. The molecule has 0 spiro atoms. The van der Waals surface area contributed by atoms with Crippen molar-refractivity contribution in [2.45, 2.75) is 33.1 Å². The molecule has 24 heavy (non-hydrogen) atoms. The number of hydrogen-bond donors (Lipinski definition) is 1. The Balaban J connectivity index is 1.54. The molecule has 0 aliphatic carbocycles. The SMILES string of the molecule is CC(C)N1CCN(c2ccc(OCc3occc3CO)cc2)CC1. The van der Waals surface area contributed by atoms with Crippen LogP contribution >= 0.6 is 0 Å². The quantitative estimate of drug-likeness (QED) is 0.882. The number of aliphatic hydroxyl groups is 1. The van der Waals surface area contributed by atoms with Gasteiger partial charge in [0.05, 0.1) is 12.9 Å². The highest BCUT2D eigenvalue weighted by Crippen LogP contribution is 2.22. The molecule has 0 bridgehead atoms. The molecule has 0 radical (unpaired) electrons. The molecule has 1 fully saturated rings. The number of ether oxygens (including phenoxy) is 1. The number of hydrogen-bond acceptors (Lipinski definition) is 5. The third kappa shape index (κ3) is 3.91. The van der Waals surface area contributed by atoms with Crippen LogP contribution in [-0.4, -0.2) is 42.2 Å². The van der Waals surface area contributed by atoms with Gasteiger partial charge in [0.25, 0.3) is 0 Å². The molecule has 1 aromatic carbocycles. The van der Waals surface area contributed by atoms with E-state index in [9.17, 15) is 5.11 Å². The van der Waals surface area contributed by atoms with Gasteiger partial charge < -0.3 is 19.2 Å². The summed E-state index contributed by atoms with van der Waals surface area (Å²) >= 11 is 0. The zero-order valence-electron chi connectivity index (χ0n) is 14.4. The van der Waals surface area contributed by atoms with E-state index in [-0.39, 0.29) is 6.61 Å². The van der Waals surface area contributed by atoms with Crippen molar-refractivity contribution in [1.29, 1.82) is 0 Å². The third-order valence-electron chi connectivity index (χ3n) is 4.62. The van der Waals surface area contributed by atoms with E-state index < -0.39 is 0 Å². The van der Waals surface area contributed by atoms with Crippen molar-refractivity contribution >= 4 is 5.69 Å². The summed E-state index contributed by atoms with van der Waals surface area (Å²) in [5.74, 6) is 1.48. The standard InChI is InChI=1S/C19H26N2O3/c1-15(2)20-8-10-21(11-9-20)17-3-5-18(6-4-17)24-14-19-16(13-22)7-12-23-19/h3-7,12,15,22H,8-11,13-14H2,1-2H3. The molecular formula is C19H26N2O3. The Morgan fingerprint density at radius 1 is 1.08 bits per heavy atom. The topological polar surface area (TPSA) is 49.1 Å². The smallest absolute Gasteiger partial charge is 0.146 e. The van der Waals surface area contributed by atoms with Gasteiger partial charge in [-0.05, 0) is 44.2 Å². The molecule has 0 atom stereocenters. The van der Waals surface area contributed by atoms with E-state index in [1.807, 2.05) is 12.1 Å². The van der Waals surface area contributed by atoms with Crippen LogP contribution in [-0.2, 0) is 13.2 Å². The predicted molar refractivity (Wildman–Crippen MR) is 94.3 cm³/mol. The fraction of sp³-hybridized carbons (Fsp3) is 0.474. The predicted octanol–water partition coefficient (Wildman–Crippen LogP) is 2.88. The first kappa shape index (κ1) is 16.9. The van der Waals surface area contributed by atoms with Gasteiger partial charge in [0, 0.05) is 43.5 Å². The van der Waals surface area contributed by atoms with Gasteiger partial charge in [-0.2, -0.15) is 0 Å².